The van der Waals surface area contributed by atoms with Crippen LogP contribution in [0.1, 0.15) is 42.6 Å². The maximum absolute atomic E-state index is 13.5. The number of hydrogen-bond donors (Lipinski definition) is 2. The molecule has 0 amide bonds. The molecule has 1 aromatic carbocycles. The van der Waals surface area contributed by atoms with Crippen molar-refractivity contribution in [1.82, 2.24) is 14.5 Å². The SMILES string of the molecule is CCCCn1c([O-])nc(Nc2ccccc2)c(C2C=CC=Cc3c2[nH]c[n+]3C)c1=O. The maximum Gasteiger partial charge on any atom is 0.259 e. The third-order valence-corrected chi connectivity index (χ3v) is 5.30. The van der Waals surface area contributed by atoms with E-state index in [1.165, 1.54) is 4.57 Å². The lowest BCUT2D eigenvalue weighted by atomic mass is 9.95. The molecule has 2 N–H and O–H groups in total. The van der Waals surface area contributed by atoms with Crippen LogP contribution in [0.4, 0.5) is 11.5 Å². The molecule has 2 aromatic heterocycles. The average molecular weight is 403 g/mol. The van der Waals surface area contributed by atoms with E-state index in [-0.39, 0.29) is 11.5 Å². The maximum atomic E-state index is 13.5. The normalized spacial score (nSPS) is 15.1. The Morgan fingerprint density at radius 3 is 2.83 bits per heavy atom. The molecule has 0 bridgehead atoms. The number of hydrogen-bond acceptors (Lipinski definition) is 4. The van der Waals surface area contributed by atoms with Gasteiger partial charge in [0, 0.05) is 12.2 Å². The van der Waals surface area contributed by atoms with E-state index in [1.807, 2.05) is 79.5 Å². The Hall–Kier alpha value is -3.61. The number of aromatic nitrogens is 4. The van der Waals surface area contributed by atoms with E-state index in [0.29, 0.717) is 17.9 Å². The molecule has 1 atom stereocenters. The van der Waals surface area contributed by atoms with Crippen LogP contribution in [0.25, 0.3) is 6.08 Å². The third-order valence-electron chi connectivity index (χ3n) is 5.30. The summed E-state index contributed by atoms with van der Waals surface area (Å²) >= 11 is 0. The van der Waals surface area contributed by atoms with Gasteiger partial charge in [-0.15, -0.1) is 0 Å². The van der Waals surface area contributed by atoms with Crippen LogP contribution in [0.5, 0.6) is 6.01 Å². The highest BCUT2D eigenvalue weighted by molar-refractivity contribution is 5.63. The number of anilines is 2. The molecule has 1 unspecified atom stereocenters. The van der Waals surface area contributed by atoms with E-state index < -0.39 is 6.01 Å². The third kappa shape index (κ3) is 3.66. The Morgan fingerprint density at radius 2 is 2.07 bits per heavy atom. The summed E-state index contributed by atoms with van der Waals surface area (Å²) in [5.74, 6) is -0.0698. The summed E-state index contributed by atoms with van der Waals surface area (Å²) in [5, 5.41) is 15.9. The van der Waals surface area contributed by atoms with Crippen LogP contribution < -0.4 is 20.5 Å². The van der Waals surface area contributed by atoms with Gasteiger partial charge in [-0.2, -0.15) is 0 Å². The summed E-state index contributed by atoms with van der Waals surface area (Å²) in [6, 6.07) is 8.92. The highest BCUT2D eigenvalue weighted by atomic mass is 16.3. The number of benzene rings is 1. The molecule has 1 aliphatic rings. The summed E-state index contributed by atoms with van der Waals surface area (Å²) in [7, 11) is 1.95. The fourth-order valence-corrected chi connectivity index (χ4v) is 3.71. The first kappa shape index (κ1) is 19.7. The lowest BCUT2D eigenvalue weighted by Crippen LogP contribution is -2.32. The van der Waals surface area contributed by atoms with Crippen molar-refractivity contribution >= 4 is 17.6 Å². The van der Waals surface area contributed by atoms with Crippen LogP contribution in [0.2, 0.25) is 0 Å². The monoisotopic (exact) mass is 403 g/mol. The quantitative estimate of drug-likeness (QED) is 0.620. The number of unbranched alkanes of at least 4 members (excludes halogenated alkanes) is 1. The number of imidazole rings is 1. The molecule has 0 aliphatic heterocycles. The largest absolute Gasteiger partial charge is 0.846 e. The molecule has 2 heterocycles. The van der Waals surface area contributed by atoms with Gasteiger partial charge in [0.15, 0.2) is 11.4 Å². The lowest BCUT2D eigenvalue weighted by Gasteiger charge is -2.22. The van der Waals surface area contributed by atoms with Gasteiger partial charge in [-0.3, -0.25) is 4.79 Å². The summed E-state index contributed by atoms with van der Waals surface area (Å²) in [6.45, 7) is 2.39. The Bertz CT molecular complexity index is 1160. The predicted octanol–water partition coefficient (Wildman–Crippen LogP) is 2.73. The average Bonchev–Trinajstić information content (AvgIpc) is 2.97. The van der Waals surface area contributed by atoms with Crippen molar-refractivity contribution in [1.29, 1.82) is 0 Å². The molecule has 7 nitrogen and oxygen atoms in total. The van der Waals surface area contributed by atoms with Gasteiger partial charge < -0.3 is 15.0 Å². The van der Waals surface area contributed by atoms with Crippen LogP contribution >= 0.6 is 0 Å². The number of allylic oxidation sites excluding steroid dienone is 3. The van der Waals surface area contributed by atoms with Crippen molar-refractivity contribution in [2.75, 3.05) is 5.32 Å². The minimum atomic E-state index is -0.524. The van der Waals surface area contributed by atoms with E-state index in [2.05, 4.69) is 15.3 Å². The molecule has 0 radical (unpaired) electrons. The van der Waals surface area contributed by atoms with Crippen molar-refractivity contribution in [3.8, 4) is 6.01 Å². The molecule has 0 spiro atoms. The van der Waals surface area contributed by atoms with Crippen molar-refractivity contribution < 1.29 is 9.67 Å². The standard InChI is InChI=1S/C23H25N5O2/c1-3-4-14-28-22(29)19(17-12-8-9-13-18-20(17)24-15-27(18)2)21(26-23(28)30)25-16-10-6-5-7-11-16/h5-13,15,17H,3-4,14H2,1-2H3,(H2,25,26,29,30). The number of nitrogens with one attached hydrogen (secondary N) is 2. The molecule has 4 rings (SSSR count). The summed E-state index contributed by atoms with van der Waals surface area (Å²) in [4.78, 5) is 21.1. The Labute approximate surface area is 175 Å². The molecule has 30 heavy (non-hydrogen) atoms. The van der Waals surface area contributed by atoms with Gasteiger partial charge in [0.1, 0.15) is 5.82 Å². The lowest BCUT2D eigenvalue weighted by molar-refractivity contribution is -0.672. The van der Waals surface area contributed by atoms with Gasteiger partial charge in [-0.05, 0) is 24.6 Å². The minimum absolute atomic E-state index is 0.295. The summed E-state index contributed by atoms with van der Waals surface area (Å²) in [5.41, 5.74) is 2.78. The number of rotatable bonds is 6. The second-order valence-electron chi connectivity index (χ2n) is 7.36. The molecular formula is C23H25N5O2. The van der Waals surface area contributed by atoms with Crippen LogP contribution in [-0.4, -0.2) is 14.5 Å². The highest BCUT2D eigenvalue weighted by Crippen LogP contribution is 2.32. The Morgan fingerprint density at radius 1 is 1.27 bits per heavy atom. The van der Waals surface area contributed by atoms with E-state index in [9.17, 15) is 9.90 Å². The van der Waals surface area contributed by atoms with Crippen LogP contribution in [-0.2, 0) is 13.6 Å². The van der Waals surface area contributed by atoms with Gasteiger partial charge in [0.25, 0.3) is 5.56 Å². The first-order valence-corrected chi connectivity index (χ1v) is 10.2. The topological polar surface area (TPSA) is 89.6 Å². The molecule has 3 aromatic rings. The summed E-state index contributed by atoms with van der Waals surface area (Å²) in [6.07, 6.45) is 11.3. The van der Waals surface area contributed by atoms with E-state index in [4.69, 9.17) is 0 Å². The number of fused-ring (bicyclic) bond motifs is 1. The van der Waals surface area contributed by atoms with Crippen LogP contribution in [0, 0.1) is 0 Å². The number of nitrogens with zero attached hydrogens (tertiary/aromatic N) is 3. The molecule has 0 saturated heterocycles. The number of para-hydroxylation sites is 1. The molecule has 1 aliphatic carbocycles. The van der Waals surface area contributed by atoms with Gasteiger partial charge >= 0.3 is 0 Å². The van der Waals surface area contributed by atoms with E-state index >= 15 is 0 Å². The molecule has 7 heteroatoms. The first-order valence-electron chi connectivity index (χ1n) is 10.2. The fourth-order valence-electron chi connectivity index (χ4n) is 3.71. The number of aromatic amines is 1. The van der Waals surface area contributed by atoms with Crippen molar-refractivity contribution in [3.63, 3.8) is 0 Å². The zero-order chi connectivity index (χ0) is 21.1. The molecule has 0 fully saturated rings. The van der Waals surface area contributed by atoms with Crippen LogP contribution in [0.3, 0.4) is 0 Å². The van der Waals surface area contributed by atoms with E-state index in [0.717, 1.165) is 29.9 Å². The van der Waals surface area contributed by atoms with Gasteiger partial charge in [-0.1, -0.05) is 49.8 Å². The second kappa shape index (κ2) is 8.41. The highest BCUT2D eigenvalue weighted by Gasteiger charge is 2.30. The Balaban J connectivity index is 1.91. The smallest absolute Gasteiger partial charge is 0.259 e. The molecule has 154 valence electrons. The van der Waals surface area contributed by atoms with Crippen molar-refractivity contribution in [2.24, 2.45) is 7.05 Å². The van der Waals surface area contributed by atoms with Gasteiger partial charge in [0.05, 0.1) is 24.5 Å². The fraction of sp³-hybridized carbons (Fsp3) is 0.261. The Kier molecular flexibility index (Phi) is 5.52. The number of H-pyrrole nitrogens is 1. The number of aryl methyl sites for hydroxylation is 1. The molecular weight excluding hydrogens is 378 g/mol. The van der Waals surface area contributed by atoms with E-state index in [1.54, 1.807) is 0 Å². The van der Waals surface area contributed by atoms with Crippen LogP contribution in [0.15, 0.2) is 59.7 Å². The first-order chi connectivity index (χ1) is 14.6. The second-order valence-corrected chi connectivity index (χ2v) is 7.36. The van der Waals surface area contributed by atoms with Gasteiger partial charge in [-0.25, -0.2) is 14.5 Å². The zero-order valence-corrected chi connectivity index (χ0v) is 17.1. The minimum Gasteiger partial charge on any atom is -0.846 e. The predicted molar refractivity (Wildman–Crippen MR) is 115 cm³/mol. The van der Waals surface area contributed by atoms with Crippen molar-refractivity contribution in [2.45, 2.75) is 32.2 Å². The zero-order valence-electron chi connectivity index (χ0n) is 17.1. The summed E-state index contributed by atoms with van der Waals surface area (Å²) < 4.78 is 3.23. The molecule has 0 saturated carbocycles. The van der Waals surface area contributed by atoms with Gasteiger partial charge in [0.2, 0.25) is 6.33 Å². The van der Waals surface area contributed by atoms with Crippen molar-refractivity contribution in [3.05, 3.63) is 82.2 Å².